The smallest absolute Gasteiger partial charge is 0.251 e. The second-order valence-corrected chi connectivity index (χ2v) is 15.4. The molecule has 14 nitrogen and oxygen atoms in total. The van der Waals surface area contributed by atoms with E-state index >= 15 is 0 Å². The normalized spacial score (nSPS) is 17.0. The van der Waals surface area contributed by atoms with Gasteiger partial charge in [-0.25, -0.2) is 0 Å². The van der Waals surface area contributed by atoms with Crippen molar-refractivity contribution in [3.05, 3.63) is 107 Å². The highest BCUT2D eigenvalue weighted by Crippen LogP contribution is 2.40. The third kappa shape index (κ3) is 12.2. The molecule has 4 unspecified atom stereocenters. The molecule has 326 valence electrons. The molecule has 0 aliphatic carbocycles. The number of nitrogens with two attached hydrogens (primary N) is 3. The van der Waals surface area contributed by atoms with Gasteiger partial charge >= 0.3 is 0 Å². The number of fused-ring (bicyclic) bond motifs is 5. The molecule has 61 heavy (non-hydrogen) atoms. The van der Waals surface area contributed by atoms with Crippen molar-refractivity contribution in [2.75, 3.05) is 46.5 Å². The summed E-state index contributed by atoms with van der Waals surface area (Å²) in [7, 11) is 1.49. The number of hydrogen-bond acceptors (Lipinski definition) is 10. The number of nitrogens with one attached hydrogen (secondary N) is 3. The molecule has 10 N–H and O–H groups in total. The lowest BCUT2D eigenvalue weighted by Crippen LogP contribution is -2.54. The molecule has 14 heteroatoms. The molecule has 1 heterocycles. The highest BCUT2D eigenvalue weighted by atomic mass is 16.5. The van der Waals surface area contributed by atoms with E-state index < -0.39 is 47.8 Å². The van der Waals surface area contributed by atoms with Crippen molar-refractivity contribution in [2.45, 2.75) is 76.5 Å². The molecule has 4 amide bonds. The second kappa shape index (κ2) is 22.7. The first-order valence-corrected chi connectivity index (χ1v) is 21.1. The van der Waals surface area contributed by atoms with E-state index in [-0.39, 0.29) is 52.3 Å². The minimum absolute atomic E-state index is 0.195. The number of aliphatic hydroxyl groups is 1. The largest absolute Gasteiger partial charge is 0.492 e. The Morgan fingerprint density at radius 3 is 2.05 bits per heavy atom. The van der Waals surface area contributed by atoms with Crippen LogP contribution >= 0.6 is 0 Å². The van der Waals surface area contributed by atoms with Gasteiger partial charge in [0.2, 0.25) is 17.7 Å². The summed E-state index contributed by atoms with van der Waals surface area (Å²) in [5.41, 5.74) is 23.5. The molecule has 4 bridgehead atoms. The van der Waals surface area contributed by atoms with Gasteiger partial charge < -0.3 is 52.6 Å². The van der Waals surface area contributed by atoms with Gasteiger partial charge in [-0.05, 0) is 110 Å². The number of benzene rings is 4. The summed E-state index contributed by atoms with van der Waals surface area (Å²) < 4.78 is 12.2. The first-order valence-electron chi connectivity index (χ1n) is 21.1. The van der Waals surface area contributed by atoms with E-state index in [2.05, 4.69) is 47.1 Å². The van der Waals surface area contributed by atoms with Crippen molar-refractivity contribution in [1.82, 2.24) is 20.9 Å². The van der Waals surface area contributed by atoms with Crippen LogP contribution in [-0.4, -0.2) is 98.3 Å². The Morgan fingerprint density at radius 2 is 1.44 bits per heavy atom. The van der Waals surface area contributed by atoms with E-state index in [4.69, 9.17) is 26.7 Å². The number of amides is 4. The molecular weight excluding hydrogens is 775 g/mol. The Labute approximate surface area is 358 Å². The average molecular weight is 836 g/mol. The molecule has 4 aromatic rings. The number of aryl methyl sites for hydroxylation is 1. The number of likely N-dealkylation sites (N-methyl/N-ethyl adjacent to an activating group) is 1. The van der Waals surface area contributed by atoms with E-state index in [1.54, 1.807) is 36.4 Å². The van der Waals surface area contributed by atoms with Crippen LogP contribution in [0.1, 0.15) is 72.6 Å². The summed E-state index contributed by atoms with van der Waals surface area (Å²) in [4.78, 5) is 57.6. The predicted molar refractivity (Wildman–Crippen MR) is 237 cm³/mol. The third-order valence-electron chi connectivity index (χ3n) is 10.7. The predicted octanol–water partition coefficient (Wildman–Crippen LogP) is 3.61. The fourth-order valence-electron chi connectivity index (χ4n) is 7.37. The third-order valence-corrected chi connectivity index (χ3v) is 10.7. The maximum atomic E-state index is 14.6. The lowest BCUT2D eigenvalue weighted by atomic mass is 9.93. The van der Waals surface area contributed by atoms with Crippen molar-refractivity contribution in [3.63, 3.8) is 0 Å². The van der Waals surface area contributed by atoms with Crippen LogP contribution in [-0.2, 0) is 27.2 Å². The number of nitrogens with zero attached hydrogens (tertiary/aromatic N) is 1. The van der Waals surface area contributed by atoms with Gasteiger partial charge in [0.15, 0.2) is 0 Å². The van der Waals surface area contributed by atoms with Crippen LogP contribution in [0, 0.1) is 0 Å². The van der Waals surface area contributed by atoms with Gasteiger partial charge in [0.25, 0.3) is 5.91 Å². The van der Waals surface area contributed by atoms with E-state index in [0.717, 1.165) is 36.0 Å². The Balaban J connectivity index is 1.51. The standard InChI is InChI=1S/C47H61N7O7/c1-4-5-7-31-9-12-33(13-10-31)34-14-16-35(17-15-34)45(57)53-40(8-6-21-48)47(59)54(3)43-36-18-20-42(61-25-23-50)39(28-36)38-27-32(11-19-41(38)60-24-22-49)26-37(29-55)52-44(56)30(2)51-46(43)58/h9-20,27-28,30,37,40,43,55H,4-8,21-26,29,48-50H2,1-3H3,(H,51,58)(H,52,56)(H,53,57). The van der Waals surface area contributed by atoms with Gasteiger partial charge in [0.05, 0.1) is 12.6 Å². The second-order valence-electron chi connectivity index (χ2n) is 15.4. The Morgan fingerprint density at radius 1 is 0.820 bits per heavy atom. The van der Waals surface area contributed by atoms with E-state index in [0.29, 0.717) is 40.2 Å². The van der Waals surface area contributed by atoms with Crippen LogP contribution < -0.4 is 42.6 Å². The number of ether oxygens (including phenoxy) is 2. The minimum atomic E-state index is -1.29. The van der Waals surface area contributed by atoms with Crippen molar-refractivity contribution in [3.8, 4) is 33.8 Å². The summed E-state index contributed by atoms with van der Waals surface area (Å²) in [5.74, 6) is -1.24. The zero-order valence-electron chi connectivity index (χ0n) is 35.5. The molecule has 1 aliphatic rings. The SMILES string of the molecule is CCCCc1ccc(-c2ccc(C(=O)NC(CCCN)C(=O)N(C)C3C(=O)NC(C)C(=O)NC(CO)Cc4ccc(OCCN)c(c4)-c4cc3ccc4OCCN)cc2)cc1. The zero-order valence-corrected chi connectivity index (χ0v) is 35.5. The maximum absolute atomic E-state index is 14.6. The average Bonchev–Trinajstić information content (AvgIpc) is 3.27. The molecule has 0 radical (unpaired) electrons. The number of aliphatic hydroxyl groups excluding tert-OH is 1. The van der Waals surface area contributed by atoms with Gasteiger partial charge in [-0.2, -0.15) is 0 Å². The molecule has 0 spiro atoms. The number of carbonyl (C=O) groups is 4. The molecule has 0 fully saturated rings. The van der Waals surface area contributed by atoms with Gasteiger partial charge in [-0.3, -0.25) is 19.2 Å². The van der Waals surface area contributed by atoms with Crippen molar-refractivity contribution in [2.24, 2.45) is 17.2 Å². The Hall–Kier alpha value is -5.80. The molecule has 0 saturated heterocycles. The monoisotopic (exact) mass is 835 g/mol. The summed E-state index contributed by atoms with van der Waals surface area (Å²) in [6, 6.07) is 22.2. The molecule has 5 rings (SSSR count). The number of carbonyl (C=O) groups excluding carboxylic acids is 4. The summed E-state index contributed by atoms with van der Waals surface area (Å²) in [5, 5.41) is 18.8. The van der Waals surface area contributed by atoms with E-state index in [1.165, 1.54) is 24.4 Å². The van der Waals surface area contributed by atoms with Gasteiger partial charge in [0.1, 0.15) is 42.8 Å². The van der Waals surface area contributed by atoms with Crippen molar-refractivity contribution in [1.29, 1.82) is 0 Å². The van der Waals surface area contributed by atoms with E-state index in [9.17, 15) is 24.3 Å². The highest BCUT2D eigenvalue weighted by Gasteiger charge is 2.35. The topological polar surface area (TPSA) is 224 Å². The van der Waals surface area contributed by atoms with Gasteiger partial charge in [-0.15, -0.1) is 0 Å². The summed E-state index contributed by atoms with van der Waals surface area (Å²) in [6.45, 7) is 4.51. The molecule has 0 saturated carbocycles. The van der Waals surface area contributed by atoms with Crippen molar-refractivity contribution < 1.29 is 33.8 Å². The minimum Gasteiger partial charge on any atom is -0.492 e. The number of unbranched alkanes of at least 4 members (excludes halogenated alkanes) is 1. The molecule has 0 aromatic heterocycles. The van der Waals surface area contributed by atoms with Crippen LogP contribution in [0.2, 0.25) is 0 Å². The molecule has 4 aromatic carbocycles. The Kier molecular flexibility index (Phi) is 17.2. The summed E-state index contributed by atoms with van der Waals surface area (Å²) >= 11 is 0. The lowest BCUT2D eigenvalue weighted by molar-refractivity contribution is -0.141. The van der Waals surface area contributed by atoms with E-state index in [1.807, 2.05) is 24.3 Å². The number of rotatable bonds is 18. The fourth-order valence-corrected chi connectivity index (χ4v) is 7.37. The zero-order chi connectivity index (χ0) is 43.9. The molecular formula is C47H61N7O7. The lowest BCUT2D eigenvalue weighted by Gasteiger charge is -2.32. The quantitative estimate of drug-likeness (QED) is 0.0771. The van der Waals surface area contributed by atoms with Crippen LogP contribution in [0.3, 0.4) is 0 Å². The van der Waals surface area contributed by atoms with Gasteiger partial charge in [0, 0.05) is 36.8 Å². The van der Waals surface area contributed by atoms with Crippen LogP contribution in [0.15, 0.2) is 84.9 Å². The highest BCUT2D eigenvalue weighted by molar-refractivity contribution is 5.99. The number of hydrogen-bond donors (Lipinski definition) is 7. The summed E-state index contributed by atoms with van der Waals surface area (Å²) in [6.07, 6.45) is 4.18. The van der Waals surface area contributed by atoms with Crippen molar-refractivity contribution >= 4 is 23.6 Å². The fraction of sp³-hybridized carbons (Fsp3) is 0.404. The first kappa shape index (κ1) is 46.3. The van der Waals surface area contributed by atoms with Gasteiger partial charge in [-0.1, -0.05) is 61.9 Å². The first-order chi connectivity index (χ1) is 29.5. The maximum Gasteiger partial charge on any atom is 0.251 e. The van der Waals surface area contributed by atoms with Crippen LogP contribution in [0.25, 0.3) is 22.3 Å². The molecule has 4 atom stereocenters. The Bertz CT molecular complexity index is 2090. The van der Waals surface area contributed by atoms with Crippen LogP contribution in [0.5, 0.6) is 11.5 Å². The molecule has 1 aliphatic heterocycles. The van der Waals surface area contributed by atoms with Crippen LogP contribution in [0.4, 0.5) is 0 Å².